The van der Waals surface area contributed by atoms with E-state index in [2.05, 4.69) is 0 Å². The normalized spacial score (nSPS) is 17.3. The summed E-state index contributed by atoms with van der Waals surface area (Å²) in [6, 6.07) is 11.8. The minimum absolute atomic E-state index is 0.0960. The molecule has 0 aromatic heterocycles. The molecule has 2 aromatic carbocycles. The lowest BCUT2D eigenvalue weighted by Gasteiger charge is -2.28. The van der Waals surface area contributed by atoms with Crippen LogP contribution >= 0.6 is 0 Å². The van der Waals surface area contributed by atoms with Crippen molar-refractivity contribution in [2.75, 3.05) is 30.3 Å². The van der Waals surface area contributed by atoms with E-state index < -0.39 is 31.8 Å². The lowest BCUT2D eigenvalue weighted by molar-refractivity contribution is 0.0983. The molecule has 1 aliphatic rings. The van der Waals surface area contributed by atoms with Crippen LogP contribution in [0.5, 0.6) is 5.75 Å². The number of nitrogens with zero attached hydrogens (tertiary/aromatic N) is 2. The van der Waals surface area contributed by atoms with Crippen molar-refractivity contribution in [3.05, 3.63) is 65.6 Å². The topological polar surface area (TPSA) is 101 Å². The summed E-state index contributed by atoms with van der Waals surface area (Å²) in [4.78, 5) is 15.0. The quantitative estimate of drug-likeness (QED) is 0.533. The highest BCUT2D eigenvalue weighted by atomic mass is 32.2. The smallest absolute Gasteiger partial charge is 0.258 e. The molecule has 1 heterocycles. The van der Waals surface area contributed by atoms with Gasteiger partial charge in [-0.15, -0.1) is 0 Å². The largest absolute Gasteiger partial charge is 0.494 e. The second kappa shape index (κ2) is 10.1. The molecule has 10 heteroatoms. The first-order valence-electron chi connectivity index (χ1n) is 10.7. The molecule has 0 fully saturated rings. The molecular formula is C23H28N2O6S2. The number of ether oxygens (including phenoxy) is 1. The molecule has 0 aliphatic carbocycles. The SMILES string of the molecule is CCOc1ccc(N(C(=O)c2ccc(S(=O)(=O)N(CC)CC)cc2)[C@H]2C=CS(=O)(=O)C2)cc1. The molecule has 0 spiro atoms. The van der Waals surface area contributed by atoms with E-state index >= 15 is 0 Å². The van der Waals surface area contributed by atoms with Crippen LogP contribution in [0.2, 0.25) is 0 Å². The first-order valence-corrected chi connectivity index (χ1v) is 13.9. The Morgan fingerprint density at radius 1 is 1.00 bits per heavy atom. The Morgan fingerprint density at radius 3 is 2.09 bits per heavy atom. The maximum atomic E-state index is 13.5. The molecular weight excluding hydrogens is 464 g/mol. The van der Waals surface area contributed by atoms with Gasteiger partial charge in [0.15, 0.2) is 9.84 Å². The minimum Gasteiger partial charge on any atom is -0.494 e. The number of amides is 1. The van der Waals surface area contributed by atoms with Gasteiger partial charge in [0.1, 0.15) is 5.75 Å². The fraction of sp³-hybridized carbons (Fsp3) is 0.348. The lowest BCUT2D eigenvalue weighted by Crippen LogP contribution is -2.41. The highest BCUT2D eigenvalue weighted by Gasteiger charge is 2.32. The zero-order chi connectivity index (χ0) is 24.2. The number of anilines is 1. The Balaban J connectivity index is 1.96. The van der Waals surface area contributed by atoms with Crippen molar-refractivity contribution in [2.45, 2.75) is 31.7 Å². The number of rotatable bonds is 9. The summed E-state index contributed by atoms with van der Waals surface area (Å²) in [6.45, 7) is 6.56. The molecule has 1 atom stereocenters. The Morgan fingerprint density at radius 2 is 1.61 bits per heavy atom. The van der Waals surface area contributed by atoms with Gasteiger partial charge in [-0.05, 0) is 61.5 Å². The van der Waals surface area contributed by atoms with Crippen LogP contribution in [0.4, 0.5) is 5.69 Å². The van der Waals surface area contributed by atoms with Gasteiger partial charge >= 0.3 is 0 Å². The molecule has 3 rings (SSSR count). The maximum absolute atomic E-state index is 13.5. The van der Waals surface area contributed by atoms with Gasteiger partial charge in [0.25, 0.3) is 5.91 Å². The van der Waals surface area contributed by atoms with Crippen LogP contribution in [0.3, 0.4) is 0 Å². The molecule has 1 amide bonds. The number of sulfone groups is 1. The van der Waals surface area contributed by atoms with Gasteiger partial charge in [-0.25, -0.2) is 16.8 Å². The summed E-state index contributed by atoms with van der Waals surface area (Å²) < 4.78 is 56.3. The van der Waals surface area contributed by atoms with Gasteiger partial charge in [-0.2, -0.15) is 4.31 Å². The fourth-order valence-electron chi connectivity index (χ4n) is 3.67. The lowest BCUT2D eigenvalue weighted by atomic mass is 10.1. The first kappa shape index (κ1) is 24.9. The second-order valence-corrected chi connectivity index (χ2v) is 11.3. The predicted octanol–water partition coefficient (Wildman–Crippen LogP) is 3.07. The number of hydrogen-bond acceptors (Lipinski definition) is 6. The van der Waals surface area contributed by atoms with E-state index in [-0.39, 0.29) is 16.2 Å². The van der Waals surface area contributed by atoms with Gasteiger partial charge in [-0.1, -0.05) is 13.8 Å². The van der Waals surface area contributed by atoms with E-state index in [9.17, 15) is 21.6 Å². The summed E-state index contributed by atoms with van der Waals surface area (Å²) >= 11 is 0. The van der Waals surface area contributed by atoms with Crippen molar-refractivity contribution in [1.29, 1.82) is 0 Å². The third kappa shape index (κ3) is 5.45. The average molecular weight is 493 g/mol. The molecule has 0 saturated carbocycles. The van der Waals surface area contributed by atoms with E-state index in [1.165, 1.54) is 39.5 Å². The van der Waals surface area contributed by atoms with Crippen molar-refractivity contribution >= 4 is 31.5 Å². The van der Waals surface area contributed by atoms with Crippen molar-refractivity contribution in [3.8, 4) is 5.75 Å². The van der Waals surface area contributed by atoms with E-state index in [1.807, 2.05) is 6.92 Å². The standard InChI is InChI=1S/C23H28N2O6S2/c1-4-24(5-2)33(29,30)22-13-7-18(8-14-22)23(26)25(20-15-16-32(27,28)17-20)19-9-11-21(12-10-19)31-6-3/h7-16,20H,4-6,17H2,1-3H3/t20-/m0/s1. The van der Waals surface area contributed by atoms with E-state index in [1.54, 1.807) is 38.1 Å². The van der Waals surface area contributed by atoms with Crippen LogP contribution in [-0.4, -0.2) is 58.5 Å². The predicted molar refractivity (Wildman–Crippen MR) is 128 cm³/mol. The average Bonchev–Trinajstić information content (AvgIpc) is 3.15. The summed E-state index contributed by atoms with van der Waals surface area (Å²) in [5, 5.41) is 1.12. The third-order valence-electron chi connectivity index (χ3n) is 5.33. The van der Waals surface area contributed by atoms with Crippen molar-refractivity contribution < 1.29 is 26.4 Å². The van der Waals surface area contributed by atoms with Crippen LogP contribution in [0.25, 0.3) is 0 Å². The summed E-state index contributed by atoms with van der Waals surface area (Å²) in [5.41, 5.74) is 0.759. The van der Waals surface area contributed by atoms with Crippen LogP contribution in [-0.2, 0) is 19.9 Å². The Labute approximate surface area is 195 Å². The first-order chi connectivity index (χ1) is 15.6. The Kier molecular flexibility index (Phi) is 7.61. The van der Waals surface area contributed by atoms with Crippen molar-refractivity contribution in [1.82, 2.24) is 4.31 Å². The number of hydrogen-bond donors (Lipinski definition) is 0. The van der Waals surface area contributed by atoms with Gasteiger partial charge in [0, 0.05) is 29.7 Å². The van der Waals surface area contributed by atoms with Gasteiger partial charge in [-0.3, -0.25) is 4.79 Å². The molecule has 1 aliphatic heterocycles. The molecule has 2 aromatic rings. The second-order valence-electron chi connectivity index (χ2n) is 7.44. The maximum Gasteiger partial charge on any atom is 0.258 e. The molecule has 0 unspecified atom stereocenters. The number of benzene rings is 2. The Hall–Kier alpha value is -2.69. The third-order valence-corrected chi connectivity index (χ3v) is 8.77. The molecule has 178 valence electrons. The van der Waals surface area contributed by atoms with E-state index in [0.29, 0.717) is 31.1 Å². The molecule has 0 N–H and O–H groups in total. The monoisotopic (exact) mass is 492 g/mol. The minimum atomic E-state index is -3.65. The number of carbonyl (C=O) groups excluding carboxylic acids is 1. The highest BCUT2D eigenvalue weighted by Crippen LogP contribution is 2.27. The summed E-state index contributed by atoms with van der Waals surface area (Å²) in [6.07, 6.45) is 1.49. The summed E-state index contributed by atoms with van der Waals surface area (Å²) in [7, 11) is -7.06. The molecule has 0 saturated heterocycles. The number of sulfonamides is 1. The zero-order valence-electron chi connectivity index (χ0n) is 18.8. The zero-order valence-corrected chi connectivity index (χ0v) is 20.5. The van der Waals surface area contributed by atoms with E-state index in [0.717, 1.165) is 5.41 Å². The molecule has 0 bridgehead atoms. The van der Waals surface area contributed by atoms with Crippen LogP contribution in [0.15, 0.2) is 64.9 Å². The molecule has 8 nitrogen and oxygen atoms in total. The van der Waals surface area contributed by atoms with Crippen molar-refractivity contribution in [3.63, 3.8) is 0 Å². The Bertz CT molecular complexity index is 1220. The van der Waals surface area contributed by atoms with Gasteiger partial charge in [0.05, 0.1) is 23.3 Å². The van der Waals surface area contributed by atoms with E-state index in [4.69, 9.17) is 4.74 Å². The van der Waals surface area contributed by atoms with Crippen molar-refractivity contribution in [2.24, 2.45) is 0 Å². The van der Waals surface area contributed by atoms with Gasteiger partial charge in [0.2, 0.25) is 10.0 Å². The number of carbonyl (C=O) groups is 1. The molecule has 33 heavy (non-hydrogen) atoms. The van der Waals surface area contributed by atoms with Crippen LogP contribution in [0.1, 0.15) is 31.1 Å². The summed E-state index contributed by atoms with van der Waals surface area (Å²) in [5.74, 6) is -0.0210. The highest BCUT2D eigenvalue weighted by molar-refractivity contribution is 7.94. The fourth-order valence-corrected chi connectivity index (χ4v) is 6.40. The molecule has 0 radical (unpaired) electrons. The van der Waals surface area contributed by atoms with Crippen LogP contribution in [0, 0.1) is 0 Å². The van der Waals surface area contributed by atoms with Crippen LogP contribution < -0.4 is 9.64 Å². The van der Waals surface area contributed by atoms with Gasteiger partial charge < -0.3 is 9.64 Å².